The monoisotopic (exact) mass is 221 g/mol. The summed E-state index contributed by atoms with van der Waals surface area (Å²) < 4.78 is 0. The number of aromatic hydroxyl groups is 1. The van der Waals surface area contributed by atoms with Crippen LogP contribution in [-0.2, 0) is 6.54 Å². The third kappa shape index (κ3) is 3.53. The highest BCUT2D eigenvalue weighted by molar-refractivity contribution is 5.42. The van der Waals surface area contributed by atoms with Crippen LogP contribution in [0.3, 0.4) is 0 Å². The zero-order valence-electron chi connectivity index (χ0n) is 10.8. The van der Waals surface area contributed by atoms with Gasteiger partial charge in [-0.15, -0.1) is 0 Å². The maximum atomic E-state index is 9.66. The maximum absolute atomic E-state index is 9.66. The first-order chi connectivity index (χ1) is 7.54. The van der Waals surface area contributed by atoms with Gasteiger partial charge in [0, 0.05) is 6.54 Å². The number of aryl methyl sites for hydroxylation is 2. The van der Waals surface area contributed by atoms with Gasteiger partial charge in [0.1, 0.15) is 5.75 Å². The van der Waals surface area contributed by atoms with Gasteiger partial charge < -0.3 is 10.4 Å². The Kier molecular flexibility index (Phi) is 4.81. The molecule has 0 radical (unpaired) electrons. The van der Waals surface area contributed by atoms with Crippen LogP contribution in [0.1, 0.15) is 37.0 Å². The molecule has 0 aliphatic rings. The number of phenols is 1. The van der Waals surface area contributed by atoms with E-state index in [-0.39, 0.29) is 0 Å². The molecule has 1 aromatic carbocycles. The Morgan fingerprint density at radius 1 is 1.25 bits per heavy atom. The molecule has 1 rings (SSSR count). The average molecular weight is 221 g/mol. The molecule has 1 aromatic rings. The van der Waals surface area contributed by atoms with Gasteiger partial charge >= 0.3 is 0 Å². The first-order valence-electron chi connectivity index (χ1n) is 6.04. The zero-order valence-corrected chi connectivity index (χ0v) is 10.8. The van der Waals surface area contributed by atoms with Gasteiger partial charge in [0.15, 0.2) is 0 Å². The van der Waals surface area contributed by atoms with Crippen molar-refractivity contribution < 1.29 is 5.11 Å². The molecule has 0 aromatic heterocycles. The quantitative estimate of drug-likeness (QED) is 0.800. The van der Waals surface area contributed by atoms with Gasteiger partial charge in [-0.1, -0.05) is 32.4 Å². The largest absolute Gasteiger partial charge is 0.507 e. The van der Waals surface area contributed by atoms with E-state index < -0.39 is 0 Å². The van der Waals surface area contributed by atoms with Crippen LogP contribution in [0.5, 0.6) is 5.75 Å². The molecule has 1 atom stereocenters. The summed E-state index contributed by atoms with van der Waals surface area (Å²) in [6.45, 7) is 10.3. The number of nitrogens with one attached hydrogen (secondary N) is 1. The summed E-state index contributed by atoms with van der Waals surface area (Å²) in [5.74, 6) is 1.14. The molecule has 2 N–H and O–H groups in total. The minimum Gasteiger partial charge on any atom is -0.507 e. The number of benzene rings is 1. The van der Waals surface area contributed by atoms with Gasteiger partial charge in [-0.3, -0.25) is 0 Å². The number of hydrogen-bond acceptors (Lipinski definition) is 2. The second-order valence-corrected chi connectivity index (χ2v) is 4.72. The molecule has 0 saturated heterocycles. The fourth-order valence-electron chi connectivity index (χ4n) is 1.75. The average Bonchev–Trinajstić information content (AvgIpc) is 2.25. The van der Waals surface area contributed by atoms with E-state index in [4.69, 9.17) is 0 Å². The van der Waals surface area contributed by atoms with E-state index in [9.17, 15) is 5.11 Å². The standard InChI is InChI=1S/C14H23NO/c1-5-10(2)8-15-9-13-6-11(3)14(16)12(4)7-13/h6-7,10,15-16H,5,8-9H2,1-4H3. The predicted octanol–water partition coefficient (Wildman–Crippen LogP) is 3.14. The molecule has 2 heteroatoms. The van der Waals surface area contributed by atoms with E-state index in [1.54, 1.807) is 0 Å². The SMILES string of the molecule is CCC(C)CNCc1cc(C)c(O)c(C)c1. The van der Waals surface area contributed by atoms with Crippen LogP contribution in [0.2, 0.25) is 0 Å². The number of rotatable bonds is 5. The summed E-state index contributed by atoms with van der Waals surface area (Å²) in [4.78, 5) is 0. The minimum atomic E-state index is 0.422. The van der Waals surface area contributed by atoms with Crippen LogP contribution in [0.25, 0.3) is 0 Å². The van der Waals surface area contributed by atoms with Crippen molar-refractivity contribution in [1.82, 2.24) is 5.32 Å². The van der Waals surface area contributed by atoms with Gasteiger partial charge in [0.25, 0.3) is 0 Å². The summed E-state index contributed by atoms with van der Waals surface area (Å²) in [5, 5.41) is 13.1. The van der Waals surface area contributed by atoms with Gasteiger partial charge in [0.2, 0.25) is 0 Å². The summed E-state index contributed by atoms with van der Waals surface area (Å²) in [7, 11) is 0. The summed E-state index contributed by atoms with van der Waals surface area (Å²) >= 11 is 0. The molecular formula is C14H23NO. The Bertz CT molecular complexity index is 324. The fraction of sp³-hybridized carbons (Fsp3) is 0.571. The van der Waals surface area contributed by atoms with Crippen molar-refractivity contribution in [3.8, 4) is 5.75 Å². The number of hydrogen-bond donors (Lipinski definition) is 2. The molecule has 1 unspecified atom stereocenters. The first kappa shape index (κ1) is 13.0. The Morgan fingerprint density at radius 2 is 1.81 bits per heavy atom. The van der Waals surface area contributed by atoms with E-state index in [2.05, 4.69) is 19.2 Å². The van der Waals surface area contributed by atoms with E-state index in [1.807, 2.05) is 26.0 Å². The third-order valence-electron chi connectivity index (χ3n) is 3.07. The Labute approximate surface area is 98.7 Å². The second-order valence-electron chi connectivity index (χ2n) is 4.72. The normalized spacial score (nSPS) is 12.8. The van der Waals surface area contributed by atoms with Crippen molar-refractivity contribution in [2.45, 2.75) is 40.7 Å². The van der Waals surface area contributed by atoms with Crippen molar-refractivity contribution in [1.29, 1.82) is 0 Å². The van der Waals surface area contributed by atoms with E-state index in [1.165, 1.54) is 12.0 Å². The maximum Gasteiger partial charge on any atom is 0.121 e. The smallest absolute Gasteiger partial charge is 0.121 e. The topological polar surface area (TPSA) is 32.3 Å². The van der Waals surface area contributed by atoms with Crippen molar-refractivity contribution in [3.63, 3.8) is 0 Å². The van der Waals surface area contributed by atoms with Crippen LogP contribution < -0.4 is 5.32 Å². The molecular weight excluding hydrogens is 198 g/mol. The first-order valence-corrected chi connectivity index (χ1v) is 6.04. The molecule has 90 valence electrons. The van der Waals surface area contributed by atoms with Gasteiger partial charge in [-0.2, -0.15) is 0 Å². The summed E-state index contributed by atoms with van der Waals surface area (Å²) in [6.07, 6.45) is 1.21. The van der Waals surface area contributed by atoms with Crippen LogP contribution in [0.15, 0.2) is 12.1 Å². The molecule has 0 bridgehead atoms. The summed E-state index contributed by atoms with van der Waals surface area (Å²) in [5.41, 5.74) is 3.16. The molecule has 2 nitrogen and oxygen atoms in total. The molecule has 16 heavy (non-hydrogen) atoms. The Hall–Kier alpha value is -1.02. The van der Waals surface area contributed by atoms with Gasteiger partial charge in [0.05, 0.1) is 0 Å². The van der Waals surface area contributed by atoms with Crippen LogP contribution in [0.4, 0.5) is 0 Å². The lowest BCUT2D eigenvalue weighted by Crippen LogP contribution is -2.20. The van der Waals surface area contributed by atoms with E-state index in [0.29, 0.717) is 5.75 Å². The van der Waals surface area contributed by atoms with Crippen molar-refractivity contribution in [3.05, 3.63) is 28.8 Å². The van der Waals surface area contributed by atoms with Crippen molar-refractivity contribution in [2.75, 3.05) is 6.54 Å². The van der Waals surface area contributed by atoms with Crippen molar-refractivity contribution in [2.24, 2.45) is 5.92 Å². The highest BCUT2D eigenvalue weighted by atomic mass is 16.3. The van der Waals surface area contributed by atoms with E-state index in [0.717, 1.165) is 30.1 Å². The molecule has 0 saturated carbocycles. The molecule has 0 aliphatic carbocycles. The van der Waals surface area contributed by atoms with E-state index >= 15 is 0 Å². The summed E-state index contributed by atoms with van der Waals surface area (Å²) in [6, 6.07) is 4.10. The van der Waals surface area contributed by atoms with Gasteiger partial charge in [-0.25, -0.2) is 0 Å². The minimum absolute atomic E-state index is 0.422. The number of phenolic OH excluding ortho intramolecular Hbond substituents is 1. The lowest BCUT2D eigenvalue weighted by molar-refractivity contribution is 0.465. The third-order valence-corrected chi connectivity index (χ3v) is 3.07. The molecule has 0 heterocycles. The molecule has 0 aliphatic heterocycles. The molecule has 0 spiro atoms. The lowest BCUT2D eigenvalue weighted by Gasteiger charge is -2.12. The highest BCUT2D eigenvalue weighted by Crippen LogP contribution is 2.22. The van der Waals surface area contributed by atoms with Crippen LogP contribution >= 0.6 is 0 Å². The molecule has 0 amide bonds. The lowest BCUT2D eigenvalue weighted by atomic mass is 10.1. The van der Waals surface area contributed by atoms with Crippen LogP contribution in [0, 0.1) is 19.8 Å². The second kappa shape index (κ2) is 5.90. The Morgan fingerprint density at radius 3 is 2.31 bits per heavy atom. The van der Waals surface area contributed by atoms with Crippen LogP contribution in [-0.4, -0.2) is 11.7 Å². The molecule has 0 fully saturated rings. The Balaban J connectivity index is 2.55. The van der Waals surface area contributed by atoms with Gasteiger partial charge in [-0.05, 0) is 43.0 Å². The van der Waals surface area contributed by atoms with Crippen molar-refractivity contribution >= 4 is 0 Å². The predicted molar refractivity (Wildman–Crippen MR) is 68.7 cm³/mol. The highest BCUT2D eigenvalue weighted by Gasteiger charge is 2.03. The zero-order chi connectivity index (χ0) is 12.1. The fourth-order valence-corrected chi connectivity index (χ4v) is 1.75.